The molecule has 26 heavy (non-hydrogen) atoms. The van der Waals surface area contributed by atoms with Gasteiger partial charge in [-0.2, -0.15) is 0 Å². The highest BCUT2D eigenvalue weighted by molar-refractivity contribution is 5.96. The molecule has 138 valence electrons. The minimum Gasteiger partial charge on any atom is -0.497 e. The molecule has 2 rings (SSSR count). The lowest BCUT2D eigenvalue weighted by Crippen LogP contribution is -2.34. The van der Waals surface area contributed by atoms with Crippen molar-refractivity contribution in [2.24, 2.45) is 5.92 Å². The van der Waals surface area contributed by atoms with E-state index >= 15 is 0 Å². The second-order valence-corrected chi connectivity index (χ2v) is 5.64. The van der Waals surface area contributed by atoms with E-state index < -0.39 is 23.8 Å². The van der Waals surface area contributed by atoms with Gasteiger partial charge in [-0.3, -0.25) is 9.59 Å². The normalized spacial score (nSPS) is 11.7. The molecule has 0 aromatic heterocycles. The van der Waals surface area contributed by atoms with Gasteiger partial charge >= 0.3 is 11.9 Å². The summed E-state index contributed by atoms with van der Waals surface area (Å²) >= 11 is 0. The van der Waals surface area contributed by atoms with Gasteiger partial charge in [-0.15, -0.1) is 0 Å². The molecule has 5 heteroatoms. The van der Waals surface area contributed by atoms with E-state index in [1.165, 1.54) is 0 Å². The summed E-state index contributed by atoms with van der Waals surface area (Å²) in [5, 5.41) is 0. The van der Waals surface area contributed by atoms with Gasteiger partial charge in [0.15, 0.2) is 5.92 Å². The minimum absolute atomic E-state index is 0.193. The van der Waals surface area contributed by atoms with E-state index in [9.17, 15) is 9.59 Å². The molecule has 0 fully saturated rings. The molecule has 5 nitrogen and oxygen atoms in total. The maximum atomic E-state index is 12.6. The molecule has 0 bridgehead atoms. The lowest BCUT2D eigenvalue weighted by molar-refractivity contribution is -0.162. The molecule has 1 atom stereocenters. The number of carbonyl (C=O) groups excluding carboxylic acids is 2. The maximum Gasteiger partial charge on any atom is 0.321 e. The Bertz CT molecular complexity index is 691. The third-order valence-electron chi connectivity index (χ3n) is 4.05. The van der Waals surface area contributed by atoms with Crippen molar-refractivity contribution in [1.82, 2.24) is 0 Å². The fourth-order valence-corrected chi connectivity index (χ4v) is 2.88. The van der Waals surface area contributed by atoms with Gasteiger partial charge in [0.2, 0.25) is 0 Å². The minimum atomic E-state index is -1.08. The molecule has 0 aliphatic carbocycles. The molecule has 0 amide bonds. The van der Waals surface area contributed by atoms with Crippen LogP contribution in [-0.2, 0) is 19.1 Å². The van der Waals surface area contributed by atoms with E-state index in [-0.39, 0.29) is 13.2 Å². The van der Waals surface area contributed by atoms with Crippen molar-refractivity contribution < 1.29 is 23.8 Å². The zero-order valence-electron chi connectivity index (χ0n) is 15.3. The van der Waals surface area contributed by atoms with Gasteiger partial charge in [0.25, 0.3) is 0 Å². The number of methoxy groups -OCH3 is 1. The van der Waals surface area contributed by atoms with Crippen LogP contribution in [0.4, 0.5) is 0 Å². The van der Waals surface area contributed by atoms with Crippen molar-refractivity contribution in [3.8, 4) is 5.75 Å². The van der Waals surface area contributed by atoms with Crippen LogP contribution in [0.15, 0.2) is 54.6 Å². The molecular weight excluding hydrogens is 332 g/mol. The number of rotatable bonds is 8. The summed E-state index contributed by atoms with van der Waals surface area (Å²) < 4.78 is 15.6. The summed E-state index contributed by atoms with van der Waals surface area (Å²) in [6.07, 6.45) is 0. The van der Waals surface area contributed by atoms with E-state index in [0.29, 0.717) is 5.75 Å². The first-order valence-electron chi connectivity index (χ1n) is 8.64. The Morgan fingerprint density at radius 2 is 1.31 bits per heavy atom. The van der Waals surface area contributed by atoms with E-state index in [1.54, 1.807) is 33.1 Å². The fourth-order valence-electron chi connectivity index (χ4n) is 2.88. The van der Waals surface area contributed by atoms with Crippen LogP contribution < -0.4 is 4.74 Å². The van der Waals surface area contributed by atoms with Crippen molar-refractivity contribution in [2.75, 3.05) is 20.3 Å². The Kier molecular flexibility index (Phi) is 7.21. The van der Waals surface area contributed by atoms with Crippen LogP contribution in [0.5, 0.6) is 5.75 Å². The first-order chi connectivity index (χ1) is 12.6. The number of hydrogen-bond donors (Lipinski definition) is 0. The molecule has 0 saturated carbocycles. The summed E-state index contributed by atoms with van der Waals surface area (Å²) in [4.78, 5) is 25.2. The number of esters is 2. The monoisotopic (exact) mass is 356 g/mol. The first kappa shape index (κ1) is 19.5. The van der Waals surface area contributed by atoms with E-state index in [2.05, 4.69) is 0 Å². The SMILES string of the molecule is CCOC(=O)C(C(=O)OCC)[C@H](c1ccccc1)c1ccc(OC)cc1. The third kappa shape index (κ3) is 4.63. The standard InChI is InChI=1S/C21H24O5/c1-4-25-20(22)19(21(23)26-5-2)18(15-9-7-6-8-10-15)16-11-13-17(24-3)14-12-16/h6-14,18-19H,4-5H2,1-3H3/t18-/m1/s1. The van der Waals surface area contributed by atoms with Crippen LogP contribution in [0, 0.1) is 5.92 Å². The largest absolute Gasteiger partial charge is 0.497 e. The summed E-state index contributed by atoms with van der Waals surface area (Å²) in [6, 6.07) is 16.7. The lowest BCUT2D eigenvalue weighted by Gasteiger charge is -2.25. The average Bonchev–Trinajstić information content (AvgIpc) is 2.67. The Morgan fingerprint density at radius 1 is 0.808 bits per heavy atom. The zero-order chi connectivity index (χ0) is 18.9. The Balaban J connectivity index is 2.54. The molecule has 0 spiro atoms. The molecule has 0 unspecified atom stereocenters. The average molecular weight is 356 g/mol. The molecule has 0 aliphatic heterocycles. The van der Waals surface area contributed by atoms with Gasteiger partial charge in [-0.05, 0) is 37.1 Å². The van der Waals surface area contributed by atoms with Gasteiger partial charge in [0.1, 0.15) is 5.75 Å². The highest BCUT2D eigenvalue weighted by atomic mass is 16.6. The second kappa shape index (κ2) is 9.61. The molecular formula is C21H24O5. The van der Waals surface area contributed by atoms with E-state index in [0.717, 1.165) is 11.1 Å². The fraction of sp³-hybridized carbons (Fsp3) is 0.333. The van der Waals surface area contributed by atoms with Gasteiger partial charge < -0.3 is 14.2 Å². The van der Waals surface area contributed by atoms with E-state index in [1.807, 2.05) is 42.5 Å². The predicted molar refractivity (Wildman–Crippen MR) is 98.0 cm³/mol. The topological polar surface area (TPSA) is 61.8 Å². The van der Waals surface area contributed by atoms with Crippen LogP contribution in [0.2, 0.25) is 0 Å². The van der Waals surface area contributed by atoms with Gasteiger partial charge in [-0.25, -0.2) is 0 Å². The quantitative estimate of drug-likeness (QED) is 0.534. The van der Waals surface area contributed by atoms with Crippen LogP contribution in [0.25, 0.3) is 0 Å². The van der Waals surface area contributed by atoms with Crippen molar-refractivity contribution in [3.63, 3.8) is 0 Å². The van der Waals surface area contributed by atoms with Gasteiger partial charge in [0.05, 0.1) is 20.3 Å². The summed E-state index contributed by atoms with van der Waals surface area (Å²) in [5.41, 5.74) is 1.65. The highest BCUT2D eigenvalue weighted by Gasteiger charge is 2.39. The Labute approximate surface area is 153 Å². The van der Waals surface area contributed by atoms with Crippen molar-refractivity contribution in [3.05, 3.63) is 65.7 Å². The Hall–Kier alpha value is -2.82. The summed E-state index contributed by atoms with van der Waals surface area (Å²) in [6.45, 7) is 3.81. The smallest absolute Gasteiger partial charge is 0.321 e. The number of ether oxygens (including phenoxy) is 3. The molecule has 2 aromatic carbocycles. The van der Waals surface area contributed by atoms with Gasteiger partial charge in [0, 0.05) is 5.92 Å². The molecule has 2 aromatic rings. The third-order valence-corrected chi connectivity index (χ3v) is 4.05. The van der Waals surface area contributed by atoms with Crippen molar-refractivity contribution in [2.45, 2.75) is 19.8 Å². The summed E-state index contributed by atoms with van der Waals surface area (Å²) in [5.74, 6) is -2.07. The van der Waals surface area contributed by atoms with E-state index in [4.69, 9.17) is 14.2 Å². The van der Waals surface area contributed by atoms with Crippen LogP contribution >= 0.6 is 0 Å². The molecule has 0 radical (unpaired) electrons. The second-order valence-electron chi connectivity index (χ2n) is 5.64. The lowest BCUT2D eigenvalue weighted by atomic mass is 9.80. The van der Waals surface area contributed by atoms with Crippen molar-refractivity contribution in [1.29, 1.82) is 0 Å². The molecule has 0 saturated heterocycles. The zero-order valence-corrected chi connectivity index (χ0v) is 15.3. The number of hydrogen-bond acceptors (Lipinski definition) is 5. The van der Waals surface area contributed by atoms with Crippen LogP contribution in [0.1, 0.15) is 30.9 Å². The molecule has 0 aliphatic rings. The van der Waals surface area contributed by atoms with Gasteiger partial charge in [-0.1, -0.05) is 42.5 Å². The van der Waals surface area contributed by atoms with Crippen molar-refractivity contribution >= 4 is 11.9 Å². The Morgan fingerprint density at radius 3 is 1.77 bits per heavy atom. The van der Waals surface area contributed by atoms with Crippen LogP contribution in [0.3, 0.4) is 0 Å². The number of benzene rings is 2. The maximum absolute atomic E-state index is 12.6. The predicted octanol–water partition coefficient (Wildman–Crippen LogP) is 3.57. The molecule has 0 N–H and O–H groups in total. The highest BCUT2D eigenvalue weighted by Crippen LogP contribution is 2.34. The number of carbonyl (C=O) groups is 2. The first-order valence-corrected chi connectivity index (χ1v) is 8.64. The molecule has 0 heterocycles. The van der Waals surface area contributed by atoms with Crippen LogP contribution in [-0.4, -0.2) is 32.3 Å². The summed E-state index contributed by atoms with van der Waals surface area (Å²) in [7, 11) is 1.59.